The van der Waals surface area contributed by atoms with Crippen LogP contribution < -0.4 is 5.32 Å². The van der Waals surface area contributed by atoms with E-state index < -0.39 is 0 Å². The molecule has 1 N–H and O–H groups in total. The highest BCUT2D eigenvalue weighted by atomic mass is 35.5. The summed E-state index contributed by atoms with van der Waals surface area (Å²) in [7, 11) is 0. The Bertz CT molecular complexity index is 431. The molecule has 3 heteroatoms. The van der Waals surface area contributed by atoms with E-state index in [2.05, 4.69) is 37.1 Å². The van der Waals surface area contributed by atoms with Gasteiger partial charge in [0.05, 0.1) is 5.02 Å². The zero-order chi connectivity index (χ0) is 14.6. The molecule has 0 radical (unpaired) electrons. The van der Waals surface area contributed by atoms with Crippen LogP contribution in [-0.4, -0.2) is 17.6 Å². The van der Waals surface area contributed by atoms with Crippen LogP contribution in [0.1, 0.15) is 52.0 Å². The van der Waals surface area contributed by atoms with Gasteiger partial charge in [-0.3, -0.25) is 4.98 Å². The van der Waals surface area contributed by atoms with Crippen LogP contribution in [0.3, 0.4) is 0 Å². The van der Waals surface area contributed by atoms with Crippen molar-refractivity contribution in [1.82, 2.24) is 10.3 Å². The highest BCUT2D eigenvalue weighted by Gasteiger charge is 2.37. The molecule has 1 aliphatic rings. The second kappa shape index (κ2) is 6.91. The Morgan fingerprint density at radius 3 is 2.90 bits per heavy atom. The Kier molecular flexibility index (Phi) is 5.45. The molecule has 0 aliphatic heterocycles. The van der Waals surface area contributed by atoms with E-state index in [0.717, 1.165) is 23.9 Å². The fourth-order valence-electron chi connectivity index (χ4n) is 3.69. The summed E-state index contributed by atoms with van der Waals surface area (Å²) in [5, 5.41) is 4.50. The zero-order valence-electron chi connectivity index (χ0n) is 13.0. The number of likely N-dealkylation sites (N-methyl/N-ethyl adjacent to an activating group) is 1. The van der Waals surface area contributed by atoms with E-state index in [4.69, 9.17) is 11.6 Å². The quantitative estimate of drug-likeness (QED) is 0.866. The maximum Gasteiger partial charge on any atom is 0.0621 e. The molecule has 2 unspecified atom stereocenters. The predicted octanol–water partition coefficient (Wildman–Crippen LogP) is 4.47. The average molecular weight is 295 g/mol. The third-order valence-electron chi connectivity index (χ3n) is 4.84. The van der Waals surface area contributed by atoms with Gasteiger partial charge in [0.15, 0.2) is 0 Å². The van der Waals surface area contributed by atoms with E-state index in [0.29, 0.717) is 11.5 Å². The Balaban J connectivity index is 2.16. The Hall–Kier alpha value is -0.600. The van der Waals surface area contributed by atoms with Crippen LogP contribution in [0.2, 0.25) is 5.02 Å². The van der Waals surface area contributed by atoms with E-state index in [1.165, 1.54) is 31.2 Å². The highest BCUT2D eigenvalue weighted by molar-refractivity contribution is 6.31. The molecule has 112 valence electrons. The molecular weight excluding hydrogens is 268 g/mol. The number of halogens is 1. The van der Waals surface area contributed by atoms with Crippen molar-refractivity contribution >= 4 is 11.6 Å². The van der Waals surface area contributed by atoms with Gasteiger partial charge in [0.1, 0.15) is 0 Å². The van der Waals surface area contributed by atoms with E-state index in [9.17, 15) is 0 Å². The summed E-state index contributed by atoms with van der Waals surface area (Å²) in [6.45, 7) is 8.06. The molecule has 0 amide bonds. The third-order valence-corrected chi connectivity index (χ3v) is 5.18. The van der Waals surface area contributed by atoms with Gasteiger partial charge in [0, 0.05) is 18.4 Å². The minimum absolute atomic E-state index is 0.421. The fourth-order valence-corrected chi connectivity index (χ4v) is 3.89. The number of hydrogen-bond donors (Lipinski definition) is 1. The van der Waals surface area contributed by atoms with Gasteiger partial charge in [0.2, 0.25) is 0 Å². The summed E-state index contributed by atoms with van der Waals surface area (Å²) in [5.74, 6) is 0.723. The number of hydrogen-bond acceptors (Lipinski definition) is 2. The standard InChI is InChI=1S/C17H27ClN2/c1-4-20-16(11-13-8-10-19-12-15(13)18)14-7-5-6-9-17(14,2)3/h8,10,12,14,16,20H,4-7,9,11H2,1-3H3. The third kappa shape index (κ3) is 3.73. The first-order valence-electron chi connectivity index (χ1n) is 7.86. The van der Waals surface area contributed by atoms with Crippen molar-refractivity contribution in [3.8, 4) is 0 Å². The topological polar surface area (TPSA) is 24.9 Å². The van der Waals surface area contributed by atoms with Gasteiger partial charge >= 0.3 is 0 Å². The molecular formula is C17H27ClN2. The van der Waals surface area contributed by atoms with Crippen molar-refractivity contribution in [1.29, 1.82) is 0 Å². The lowest BCUT2D eigenvalue weighted by Gasteiger charge is -2.43. The van der Waals surface area contributed by atoms with Crippen molar-refractivity contribution in [2.45, 2.75) is 58.9 Å². The molecule has 2 rings (SSSR count). The summed E-state index contributed by atoms with van der Waals surface area (Å²) in [6.07, 6.45) is 10.0. The number of rotatable bonds is 5. The molecule has 2 atom stereocenters. The summed E-state index contributed by atoms with van der Waals surface area (Å²) in [6, 6.07) is 2.57. The molecule has 2 nitrogen and oxygen atoms in total. The maximum absolute atomic E-state index is 6.29. The molecule has 1 heterocycles. The lowest BCUT2D eigenvalue weighted by Crippen LogP contribution is -2.46. The van der Waals surface area contributed by atoms with Gasteiger partial charge in [0.25, 0.3) is 0 Å². The normalized spacial score (nSPS) is 23.5. The van der Waals surface area contributed by atoms with Crippen LogP contribution >= 0.6 is 11.6 Å². The average Bonchev–Trinajstić information content (AvgIpc) is 2.40. The molecule has 1 aliphatic carbocycles. The lowest BCUT2D eigenvalue weighted by molar-refractivity contribution is 0.0988. The summed E-state index contributed by atoms with van der Waals surface area (Å²) in [5.41, 5.74) is 1.64. The van der Waals surface area contributed by atoms with E-state index in [1.807, 2.05) is 6.20 Å². The maximum atomic E-state index is 6.29. The van der Waals surface area contributed by atoms with Gasteiger partial charge in [-0.05, 0) is 48.8 Å². The molecule has 0 aromatic carbocycles. The molecule has 0 saturated heterocycles. The second-order valence-electron chi connectivity index (χ2n) is 6.68. The van der Waals surface area contributed by atoms with Gasteiger partial charge in [-0.1, -0.05) is 45.2 Å². The van der Waals surface area contributed by atoms with Crippen molar-refractivity contribution < 1.29 is 0 Å². The first kappa shape index (κ1) is 15.8. The van der Waals surface area contributed by atoms with Crippen molar-refractivity contribution in [2.75, 3.05) is 6.54 Å². The number of nitrogens with one attached hydrogen (secondary N) is 1. The Morgan fingerprint density at radius 1 is 1.45 bits per heavy atom. The number of pyridine rings is 1. The minimum atomic E-state index is 0.421. The molecule has 1 aromatic heterocycles. The molecule has 1 aromatic rings. The number of nitrogens with zero attached hydrogens (tertiary/aromatic N) is 1. The largest absolute Gasteiger partial charge is 0.314 e. The molecule has 20 heavy (non-hydrogen) atoms. The zero-order valence-corrected chi connectivity index (χ0v) is 13.7. The number of aromatic nitrogens is 1. The first-order chi connectivity index (χ1) is 9.54. The molecule has 0 bridgehead atoms. The van der Waals surface area contributed by atoms with Crippen molar-refractivity contribution in [2.24, 2.45) is 11.3 Å². The van der Waals surface area contributed by atoms with Gasteiger partial charge in [-0.15, -0.1) is 0 Å². The van der Waals surface area contributed by atoms with Crippen LogP contribution in [0.5, 0.6) is 0 Å². The molecule has 0 spiro atoms. The van der Waals surface area contributed by atoms with Crippen LogP contribution in [0, 0.1) is 11.3 Å². The van der Waals surface area contributed by atoms with Crippen molar-refractivity contribution in [3.05, 3.63) is 29.0 Å². The van der Waals surface area contributed by atoms with Crippen LogP contribution in [0.25, 0.3) is 0 Å². The minimum Gasteiger partial charge on any atom is -0.314 e. The Labute approximate surface area is 128 Å². The smallest absolute Gasteiger partial charge is 0.0621 e. The molecule has 1 saturated carbocycles. The van der Waals surface area contributed by atoms with Gasteiger partial charge in [-0.2, -0.15) is 0 Å². The molecule has 1 fully saturated rings. The lowest BCUT2D eigenvalue weighted by atomic mass is 9.65. The van der Waals surface area contributed by atoms with E-state index >= 15 is 0 Å². The van der Waals surface area contributed by atoms with Crippen molar-refractivity contribution in [3.63, 3.8) is 0 Å². The van der Waals surface area contributed by atoms with Crippen LogP contribution in [0.4, 0.5) is 0 Å². The van der Waals surface area contributed by atoms with E-state index in [-0.39, 0.29) is 0 Å². The van der Waals surface area contributed by atoms with Crippen LogP contribution in [0.15, 0.2) is 18.5 Å². The van der Waals surface area contributed by atoms with Crippen LogP contribution in [-0.2, 0) is 6.42 Å². The summed E-state index contributed by atoms with van der Waals surface area (Å²) >= 11 is 6.29. The van der Waals surface area contributed by atoms with E-state index in [1.54, 1.807) is 6.20 Å². The first-order valence-corrected chi connectivity index (χ1v) is 8.24. The monoisotopic (exact) mass is 294 g/mol. The van der Waals surface area contributed by atoms with Gasteiger partial charge < -0.3 is 5.32 Å². The SMILES string of the molecule is CCNC(Cc1ccncc1Cl)C1CCCCC1(C)C. The highest BCUT2D eigenvalue weighted by Crippen LogP contribution is 2.43. The predicted molar refractivity (Wildman–Crippen MR) is 86.2 cm³/mol. The second-order valence-corrected chi connectivity index (χ2v) is 7.08. The summed E-state index contributed by atoms with van der Waals surface area (Å²) in [4.78, 5) is 4.09. The summed E-state index contributed by atoms with van der Waals surface area (Å²) < 4.78 is 0. The van der Waals surface area contributed by atoms with Gasteiger partial charge in [-0.25, -0.2) is 0 Å². The Morgan fingerprint density at radius 2 is 2.25 bits per heavy atom. The fraction of sp³-hybridized carbons (Fsp3) is 0.706.